The van der Waals surface area contributed by atoms with E-state index in [0.717, 1.165) is 51.6 Å². The second-order valence-corrected chi connectivity index (χ2v) is 10.6. The lowest BCUT2D eigenvalue weighted by Crippen LogP contribution is -2.42. The van der Waals surface area contributed by atoms with E-state index < -0.39 is 10.0 Å². The Hall–Kier alpha value is -2.64. The van der Waals surface area contributed by atoms with E-state index in [0.29, 0.717) is 18.8 Å². The summed E-state index contributed by atoms with van der Waals surface area (Å²) in [6, 6.07) is 10.5. The van der Waals surface area contributed by atoms with E-state index in [1.54, 1.807) is 17.4 Å². The number of sulfonamides is 1. The number of benzene rings is 2. The molecule has 0 amide bonds. The molecule has 1 aliphatic heterocycles. The predicted octanol–water partition coefficient (Wildman–Crippen LogP) is 4.45. The summed E-state index contributed by atoms with van der Waals surface area (Å²) in [4.78, 5) is 4.30. The van der Waals surface area contributed by atoms with Gasteiger partial charge in [-0.15, -0.1) is 0 Å². The monoisotopic (exact) mass is 439 g/mol. The second kappa shape index (κ2) is 8.48. The molecule has 31 heavy (non-hydrogen) atoms. The highest BCUT2D eigenvalue weighted by molar-refractivity contribution is 7.89. The van der Waals surface area contributed by atoms with Gasteiger partial charge in [0.2, 0.25) is 10.0 Å². The second-order valence-electron chi connectivity index (χ2n) is 8.30. The molecular weight excluding hydrogens is 410 g/mol. The Labute approximate surface area is 184 Å². The van der Waals surface area contributed by atoms with E-state index in [2.05, 4.69) is 22.4 Å². The van der Waals surface area contributed by atoms with Crippen molar-refractivity contribution < 1.29 is 13.5 Å². The van der Waals surface area contributed by atoms with Gasteiger partial charge in [-0.1, -0.05) is 0 Å². The molecule has 1 aromatic heterocycles. The molecule has 0 saturated carbocycles. The first-order chi connectivity index (χ1) is 14.8. The van der Waals surface area contributed by atoms with Crippen LogP contribution in [0.15, 0.2) is 42.7 Å². The maximum Gasteiger partial charge on any atom is 0.213 e. The maximum absolute atomic E-state index is 12.2. The number of piperidine rings is 1. The first-order valence-electron chi connectivity index (χ1n) is 10.7. The van der Waals surface area contributed by atoms with Crippen LogP contribution >= 0.6 is 0 Å². The number of fused-ring (bicyclic) bond motifs is 1. The summed E-state index contributed by atoms with van der Waals surface area (Å²) in [5.41, 5.74) is 4.82. The van der Waals surface area contributed by atoms with Crippen LogP contribution in [0, 0.1) is 13.8 Å². The Balaban J connectivity index is 1.65. The fourth-order valence-corrected chi connectivity index (χ4v) is 5.42. The van der Waals surface area contributed by atoms with Crippen LogP contribution < -0.4 is 5.32 Å². The third kappa shape index (κ3) is 4.38. The van der Waals surface area contributed by atoms with Crippen molar-refractivity contribution in [1.29, 1.82) is 0 Å². The Kier molecular flexibility index (Phi) is 5.90. The highest BCUT2D eigenvalue weighted by atomic mass is 32.2. The van der Waals surface area contributed by atoms with E-state index in [1.165, 1.54) is 0 Å². The number of anilines is 1. The Morgan fingerprint density at radius 3 is 2.39 bits per heavy atom. The van der Waals surface area contributed by atoms with Gasteiger partial charge in [0.25, 0.3) is 0 Å². The van der Waals surface area contributed by atoms with Gasteiger partial charge in [0.05, 0.1) is 5.75 Å². The summed E-state index contributed by atoms with van der Waals surface area (Å²) in [6.45, 7) is 6.60. The molecule has 0 aliphatic carbocycles. The zero-order valence-corrected chi connectivity index (χ0v) is 19.0. The minimum Gasteiger partial charge on any atom is -0.507 e. The van der Waals surface area contributed by atoms with Crippen LogP contribution in [-0.2, 0) is 10.0 Å². The van der Waals surface area contributed by atoms with Crippen LogP contribution in [0.4, 0.5) is 5.69 Å². The quantitative estimate of drug-likeness (QED) is 0.614. The number of aromatic hydroxyl groups is 1. The summed E-state index contributed by atoms with van der Waals surface area (Å²) >= 11 is 0. The molecule has 164 valence electrons. The van der Waals surface area contributed by atoms with Gasteiger partial charge in [0.1, 0.15) is 5.75 Å². The van der Waals surface area contributed by atoms with Gasteiger partial charge < -0.3 is 10.4 Å². The van der Waals surface area contributed by atoms with Gasteiger partial charge in [-0.2, -0.15) is 0 Å². The fourth-order valence-electron chi connectivity index (χ4n) is 4.29. The summed E-state index contributed by atoms with van der Waals surface area (Å²) in [7, 11) is -3.13. The number of nitrogens with zero attached hydrogens (tertiary/aromatic N) is 2. The molecule has 6 nitrogen and oxygen atoms in total. The lowest BCUT2D eigenvalue weighted by atomic mass is 9.96. The highest BCUT2D eigenvalue weighted by Crippen LogP contribution is 2.35. The molecule has 2 aromatic carbocycles. The molecule has 0 radical (unpaired) electrons. The molecule has 1 saturated heterocycles. The molecule has 2 heterocycles. The number of hydrogen-bond donors (Lipinski definition) is 2. The van der Waals surface area contributed by atoms with Gasteiger partial charge >= 0.3 is 0 Å². The van der Waals surface area contributed by atoms with E-state index in [9.17, 15) is 13.5 Å². The van der Waals surface area contributed by atoms with Crippen LogP contribution in [0.1, 0.15) is 30.9 Å². The number of nitrogens with one attached hydrogen (secondary N) is 1. The summed E-state index contributed by atoms with van der Waals surface area (Å²) in [5.74, 6) is 0.482. The zero-order chi connectivity index (χ0) is 22.2. The molecular formula is C24H29N3O3S. The number of phenolic OH excluding ortho intramolecular Hbond substituents is 1. The van der Waals surface area contributed by atoms with Gasteiger partial charge in [-0.05, 0) is 91.6 Å². The minimum absolute atomic E-state index is 0.148. The van der Waals surface area contributed by atoms with E-state index >= 15 is 0 Å². The van der Waals surface area contributed by atoms with E-state index in [1.807, 2.05) is 38.2 Å². The molecule has 4 rings (SSSR count). The van der Waals surface area contributed by atoms with Crippen molar-refractivity contribution in [3.63, 3.8) is 0 Å². The first kappa shape index (κ1) is 21.6. The third-order valence-corrected chi connectivity index (χ3v) is 8.03. The Morgan fingerprint density at radius 2 is 1.74 bits per heavy atom. The van der Waals surface area contributed by atoms with Gasteiger partial charge in [-0.25, -0.2) is 12.7 Å². The maximum atomic E-state index is 12.2. The molecule has 2 N–H and O–H groups in total. The number of hydrogen-bond acceptors (Lipinski definition) is 5. The highest BCUT2D eigenvalue weighted by Gasteiger charge is 2.27. The number of aryl methyl sites for hydroxylation is 2. The average molecular weight is 440 g/mol. The summed E-state index contributed by atoms with van der Waals surface area (Å²) in [6.07, 6.45) is 5.19. The summed E-state index contributed by atoms with van der Waals surface area (Å²) < 4.78 is 25.9. The predicted molar refractivity (Wildman–Crippen MR) is 126 cm³/mol. The molecule has 0 spiro atoms. The van der Waals surface area contributed by atoms with Crippen LogP contribution in [0.3, 0.4) is 0 Å². The lowest BCUT2D eigenvalue weighted by Gasteiger charge is -2.32. The smallest absolute Gasteiger partial charge is 0.213 e. The van der Waals surface area contributed by atoms with Crippen molar-refractivity contribution in [2.45, 2.75) is 39.7 Å². The first-order valence-corrected chi connectivity index (χ1v) is 12.3. The fraction of sp³-hybridized carbons (Fsp3) is 0.375. The van der Waals surface area contributed by atoms with Crippen molar-refractivity contribution >= 4 is 26.5 Å². The lowest BCUT2D eigenvalue weighted by molar-refractivity contribution is 0.330. The SMILES string of the molecule is CCS(=O)(=O)N1CCC(Nc2cc(-c3cc(C)c(O)c(C)c3)cc3ccncc23)CC1. The van der Waals surface area contributed by atoms with Crippen molar-refractivity contribution in [2.75, 3.05) is 24.2 Å². The number of aromatic nitrogens is 1. The normalized spacial score (nSPS) is 16.0. The van der Waals surface area contributed by atoms with Crippen molar-refractivity contribution in [1.82, 2.24) is 9.29 Å². The average Bonchev–Trinajstić information content (AvgIpc) is 2.77. The van der Waals surface area contributed by atoms with Crippen LogP contribution in [0.25, 0.3) is 21.9 Å². The molecule has 7 heteroatoms. The van der Waals surface area contributed by atoms with Crippen LogP contribution in [0.5, 0.6) is 5.75 Å². The zero-order valence-electron chi connectivity index (χ0n) is 18.2. The largest absolute Gasteiger partial charge is 0.507 e. The van der Waals surface area contributed by atoms with Crippen LogP contribution in [-0.4, -0.2) is 47.7 Å². The molecule has 1 aliphatic rings. The standard InChI is InChI=1S/C24H29N3O3S/c1-4-31(29,30)27-9-6-21(7-10-27)26-23-14-20(13-18-5-8-25-15-22(18)23)19-11-16(2)24(28)17(3)12-19/h5,8,11-15,21,26,28H,4,6-7,9-10H2,1-3H3. The van der Waals surface area contributed by atoms with E-state index in [4.69, 9.17) is 0 Å². The third-order valence-electron chi connectivity index (χ3n) is 6.15. The van der Waals surface area contributed by atoms with Crippen molar-refractivity contribution in [2.24, 2.45) is 0 Å². The molecule has 0 bridgehead atoms. The minimum atomic E-state index is -3.13. The number of pyridine rings is 1. The molecule has 0 atom stereocenters. The van der Waals surface area contributed by atoms with Crippen molar-refractivity contribution in [3.8, 4) is 16.9 Å². The molecule has 3 aromatic rings. The van der Waals surface area contributed by atoms with Crippen LogP contribution in [0.2, 0.25) is 0 Å². The van der Waals surface area contributed by atoms with Gasteiger partial charge in [-0.3, -0.25) is 4.98 Å². The Morgan fingerprint density at radius 1 is 1.10 bits per heavy atom. The van der Waals surface area contributed by atoms with Crippen molar-refractivity contribution in [3.05, 3.63) is 53.9 Å². The molecule has 1 fully saturated rings. The van der Waals surface area contributed by atoms with E-state index in [-0.39, 0.29) is 11.8 Å². The molecule has 0 unspecified atom stereocenters. The van der Waals surface area contributed by atoms with Gasteiger partial charge in [0.15, 0.2) is 0 Å². The number of phenols is 1. The topological polar surface area (TPSA) is 82.5 Å². The summed E-state index contributed by atoms with van der Waals surface area (Å²) in [5, 5.41) is 15.9. The van der Waals surface area contributed by atoms with Gasteiger partial charge in [0, 0.05) is 42.6 Å². The Bertz CT molecular complexity index is 1190. The number of rotatable bonds is 5.